The molecule has 9 heteroatoms. The molecule has 2 bridgehead atoms. The molecule has 3 aromatic rings. The molecule has 1 saturated heterocycles. The molecule has 0 radical (unpaired) electrons. The minimum atomic E-state index is -0.654. The molecule has 2 fully saturated rings. The number of hydrogen-bond donors (Lipinski definition) is 1. The molecule has 36 heavy (non-hydrogen) atoms. The number of rotatable bonds is 3. The first-order valence-corrected chi connectivity index (χ1v) is 12.4. The first-order valence-electron chi connectivity index (χ1n) is 12.4. The van der Waals surface area contributed by atoms with Crippen LogP contribution in [0.5, 0.6) is 0 Å². The third-order valence-electron chi connectivity index (χ3n) is 8.99. The van der Waals surface area contributed by atoms with Gasteiger partial charge in [0, 0.05) is 24.7 Å². The zero-order valence-corrected chi connectivity index (χ0v) is 20.2. The van der Waals surface area contributed by atoms with E-state index in [4.69, 9.17) is 0 Å². The van der Waals surface area contributed by atoms with Crippen LogP contribution in [0.2, 0.25) is 0 Å². The van der Waals surface area contributed by atoms with E-state index in [-0.39, 0.29) is 51.1 Å². The van der Waals surface area contributed by atoms with Gasteiger partial charge in [0.05, 0.1) is 23.1 Å². The third kappa shape index (κ3) is 3.10. The lowest BCUT2D eigenvalue weighted by Gasteiger charge is -2.48. The largest absolute Gasteiger partial charge is 0.337 e. The fourth-order valence-electron chi connectivity index (χ4n) is 7.33. The van der Waals surface area contributed by atoms with Crippen LogP contribution in [0.1, 0.15) is 67.2 Å². The van der Waals surface area contributed by atoms with Crippen LogP contribution in [0.25, 0.3) is 11.3 Å². The standard InChI is InChI=1S/C27H27F2N5O2/c1-26(2)17-8-9-27(26,15-5-4-10-34(14-15)25(36)21-12-31-22(35)13-30-21)24-16(17)11-20(32-33-24)23-18(28)6-3-7-19(23)29/h3,6-7,11-13,15,17H,4-5,8-10,14H2,1-2H3,(H,31,35). The van der Waals surface area contributed by atoms with Crippen molar-refractivity contribution >= 4 is 5.91 Å². The van der Waals surface area contributed by atoms with Gasteiger partial charge in [-0.05, 0) is 66.7 Å². The molecule has 1 aromatic carbocycles. The second-order valence-electron chi connectivity index (χ2n) is 10.8. The fraction of sp³-hybridized carbons (Fsp3) is 0.444. The Morgan fingerprint density at radius 1 is 1.17 bits per heavy atom. The van der Waals surface area contributed by atoms with Gasteiger partial charge in [0.2, 0.25) is 0 Å². The molecule has 2 aromatic heterocycles. The molecule has 3 atom stereocenters. The van der Waals surface area contributed by atoms with Gasteiger partial charge in [-0.3, -0.25) is 9.59 Å². The summed E-state index contributed by atoms with van der Waals surface area (Å²) in [5, 5.41) is 8.96. The van der Waals surface area contributed by atoms with Gasteiger partial charge in [-0.1, -0.05) is 19.9 Å². The summed E-state index contributed by atoms with van der Waals surface area (Å²) in [6, 6.07) is 5.63. The molecular weight excluding hydrogens is 464 g/mol. The van der Waals surface area contributed by atoms with Crippen molar-refractivity contribution in [1.82, 2.24) is 25.1 Å². The number of benzene rings is 1. The summed E-state index contributed by atoms with van der Waals surface area (Å²) in [4.78, 5) is 32.9. The van der Waals surface area contributed by atoms with Gasteiger partial charge in [-0.15, -0.1) is 0 Å². The van der Waals surface area contributed by atoms with Crippen molar-refractivity contribution in [3.8, 4) is 11.3 Å². The fourth-order valence-corrected chi connectivity index (χ4v) is 7.33. The Balaban J connectivity index is 1.38. The number of halogens is 2. The molecule has 0 spiro atoms. The lowest BCUT2D eigenvalue weighted by atomic mass is 9.59. The van der Waals surface area contributed by atoms with E-state index in [9.17, 15) is 18.4 Å². The number of piperidine rings is 1. The maximum absolute atomic E-state index is 14.5. The number of carbonyl (C=O) groups is 1. The number of amides is 1. The molecule has 6 rings (SSSR count). The van der Waals surface area contributed by atoms with Crippen molar-refractivity contribution in [3.05, 3.63) is 75.6 Å². The highest BCUT2D eigenvalue weighted by Gasteiger charge is 2.66. The smallest absolute Gasteiger partial charge is 0.273 e. The molecular formula is C27H27F2N5O2. The number of aromatic amines is 1. The average Bonchev–Trinajstić information content (AvgIpc) is 3.25. The summed E-state index contributed by atoms with van der Waals surface area (Å²) in [6.07, 6.45) is 6.17. The molecule has 1 saturated carbocycles. The highest BCUT2D eigenvalue weighted by Crippen LogP contribution is 2.70. The Labute approximate surface area is 207 Å². The Hall–Kier alpha value is -3.49. The Morgan fingerprint density at radius 2 is 1.94 bits per heavy atom. The highest BCUT2D eigenvalue weighted by atomic mass is 19.1. The van der Waals surface area contributed by atoms with Crippen LogP contribution in [0.3, 0.4) is 0 Å². The summed E-state index contributed by atoms with van der Waals surface area (Å²) in [6.45, 7) is 5.68. The van der Waals surface area contributed by atoms with Gasteiger partial charge in [0.15, 0.2) is 0 Å². The van der Waals surface area contributed by atoms with Crippen LogP contribution in [-0.4, -0.2) is 44.1 Å². The van der Waals surface area contributed by atoms with Crippen molar-refractivity contribution in [2.45, 2.75) is 50.9 Å². The minimum absolute atomic E-state index is 0.148. The summed E-state index contributed by atoms with van der Waals surface area (Å²) in [5.41, 5.74) is 1.43. The molecule has 3 heterocycles. The van der Waals surface area contributed by atoms with E-state index in [1.54, 1.807) is 0 Å². The first-order chi connectivity index (χ1) is 17.2. The number of aromatic nitrogens is 4. The van der Waals surface area contributed by atoms with Gasteiger partial charge >= 0.3 is 0 Å². The quantitative estimate of drug-likeness (QED) is 0.593. The lowest BCUT2D eigenvalue weighted by Crippen LogP contribution is -2.51. The van der Waals surface area contributed by atoms with E-state index >= 15 is 0 Å². The van der Waals surface area contributed by atoms with Gasteiger partial charge < -0.3 is 9.88 Å². The van der Waals surface area contributed by atoms with Crippen LogP contribution in [-0.2, 0) is 5.41 Å². The Bertz CT molecular complexity index is 1400. The number of carbonyl (C=O) groups excluding carboxylic acids is 1. The predicted octanol–water partition coefficient (Wildman–Crippen LogP) is 4.21. The summed E-state index contributed by atoms with van der Waals surface area (Å²) in [5.74, 6) is -1.15. The van der Waals surface area contributed by atoms with Crippen molar-refractivity contribution in [3.63, 3.8) is 0 Å². The predicted molar refractivity (Wildman–Crippen MR) is 128 cm³/mol. The number of hydrogen-bond acceptors (Lipinski definition) is 5. The lowest BCUT2D eigenvalue weighted by molar-refractivity contribution is 0.0419. The molecule has 3 unspecified atom stereocenters. The van der Waals surface area contributed by atoms with E-state index in [0.717, 1.165) is 43.1 Å². The van der Waals surface area contributed by atoms with Gasteiger partial charge in [0.25, 0.3) is 11.5 Å². The Kier molecular flexibility index (Phi) is 5.10. The van der Waals surface area contributed by atoms with Gasteiger partial charge in [-0.2, -0.15) is 10.2 Å². The van der Waals surface area contributed by atoms with Crippen LogP contribution in [0.15, 0.2) is 41.5 Å². The summed E-state index contributed by atoms with van der Waals surface area (Å²) >= 11 is 0. The van der Waals surface area contributed by atoms with Crippen LogP contribution >= 0.6 is 0 Å². The second-order valence-corrected chi connectivity index (χ2v) is 10.8. The maximum Gasteiger partial charge on any atom is 0.273 e. The molecule has 2 aliphatic carbocycles. The van der Waals surface area contributed by atoms with Crippen molar-refractivity contribution < 1.29 is 13.6 Å². The molecule has 1 N–H and O–H groups in total. The van der Waals surface area contributed by atoms with Crippen molar-refractivity contribution in [2.75, 3.05) is 13.1 Å². The third-order valence-corrected chi connectivity index (χ3v) is 8.99. The summed E-state index contributed by atoms with van der Waals surface area (Å²) in [7, 11) is 0. The number of likely N-dealkylation sites (tertiary alicyclic amines) is 1. The van der Waals surface area contributed by atoms with Crippen LogP contribution < -0.4 is 5.56 Å². The molecule has 1 aliphatic heterocycles. The second kappa shape index (κ2) is 8.01. The summed E-state index contributed by atoms with van der Waals surface area (Å²) < 4.78 is 29.0. The topological polar surface area (TPSA) is 91.8 Å². The van der Waals surface area contributed by atoms with Crippen molar-refractivity contribution in [1.29, 1.82) is 0 Å². The number of nitrogens with one attached hydrogen (secondary N) is 1. The number of fused-ring (bicyclic) bond motifs is 5. The molecule has 3 aliphatic rings. The molecule has 1 amide bonds. The normalized spacial score (nSPS) is 26.2. The average molecular weight is 492 g/mol. The van der Waals surface area contributed by atoms with E-state index in [1.807, 2.05) is 11.0 Å². The minimum Gasteiger partial charge on any atom is -0.337 e. The SMILES string of the molecule is CC1(C)C2CCC1(C1CCCN(C(=O)c3c[nH]c(=O)cn3)C1)c1nnc(-c3c(F)cccc3F)cc12. The van der Waals surface area contributed by atoms with E-state index < -0.39 is 11.6 Å². The highest BCUT2D eigenvalue weighted by molar-refractivity contribution is 5.92. The van der Waals surface area contributed by atoms with E-state index in [0.29, 0.717) is 13.1 Å². The van der Waals surface area contributed by atoms with E-state index in [2.05, 4.69) is 34.0 Å². The monoisotopic (exact) mass is 491 g/mol. The van der Waals surface area contributed by atoms with Crippen molar-refractivity contribution in [2.24, 2.45) is 11.3 Å². The maximum atomic E-state index is 14.5. The van der Waals surface area contributed by atoms with E-state index in [1.165, 1.54) is 24.4 Å². The molecule has 186 valence electrons. The zero-order chi connectivity index (χ0) is 25.2. The van der Waals surface area contributed by atoms with Gasteiger partial charge in [0.1, 0.15) is 17.3 Å². The number of H-pyrrole nitrogens is 1. The van der Waals surface area contributed by atoms with Gasteiger partial charge in [-0.25, -0.2) is 13.8 Å². The zero-order valence-electron chi connectivity index (χ0n) is 20.2. The molecule has 7 nitrogen and oxygen atoms in total. The van der Waals surface area contributed by atoms with Crippen LogP contribution in [0.4, 0.5) is 8.78 Å². The first kappa shape index (κ1) is 22.9. The van der Waals surface area contributed by atoms with Crippen LogP contribution in [0, 0.1) is 23.0 Å². The Morgan fingerprint density at radius 3 is 2.67 bits per heavy atom. The number of nitrogens with zero attached hydrogens (tertiary/aromatic N) is 4.